The molecule has 0 saturated heterocycles. The molecule has 1 saturated carbocycles. The van der Waals surface area contributed by atoms with Gasteiger partial charge in [-0.2, -0.15) is 0 Å². The molecule has 2 rings (SSSR count). The van der Waals surface area contributed by atoms with Crippen LogP contribution >= 0.6 is 0 Å². The van der Waals surface area contributed by atoms with E-state index in [1.54, 1.807) is 20.8 Å². The van der Waals surface area contributed by atoms with Crippen molar-refractivity contribution < 1.29 is 29.0 Å². The second kappa shape index (κ2) is 12.0. The number of amides is 2. The molecule has 1 aromatic rings. The van der Waals surface area contributed by atoms with Gasteiger partial charge in [-0.15, -0.1) is 0 Å². The number of benzene rings is 1. The minimum atomic E-state index is -0.713. The van der Waals surface area contributed by atoms with Gasteiger partial charge in [0.15, 0.2) is 0 Å². The number of hydrogen-bond donors (Lipinski definition) is 3. The van der Waals surface area contributed by atoms with Crippen LogP contribution in [0.5, 0.6) is 0 Å². The van der Waals surface area contributed by atoms with Crippen molar-refractivity contribution >= 4 is 18.0 Å². The average Bonchev–Trinajstić information content (AvgIpc) is 2.66. The van der Waals surface area contributed by atoms with Crippen molar-refractivity contribution in [3.8, 4) is 0 Å². The van der Waals surface area contributed by atoms with Crippen LogP contribution in [0.1, 0.15) is 70.9 Å². The van der Waals surface area contributed by atoms with Crippen LogP contribution in [-0.4, -0.2) is 40.8 Å². The maximum absolute atomic E-state index is 12.2. The van der Waals surface area contributed by atoms with E-state index in [2.05, 4.69) is 17.4 Å². The number of ether oxygens (including phenoxy) is 2. The molecule has 0 aliphatic heterocycles. The molecule has 0 unspecified atom stereocenters. The van der Waals surface area contributed by atoms with E-state index in [9.17, 15) is 14.4 Å². The Balaban J connectivity index is 1.82. The Bertz CT molecular complexity index is 796. The quantitative estimate of drug-likeness (QED) is 0.433. The number of rotatable bonds is 12. The van der Waals surface area contributed by atoms with Crippen molar-refractivity contribution in [1.29, 1.82) is 0 Å². The lowest BCUT2D eigenvalue weighted by Crippen LogP contribution is -2.45. The highest BCUT2D eigenvalue weighted by atomic mass is 16.6. The first-order valence-corrected chi connectivity index (χ1v) is 11.6. The van der Waals surface area contributed by atoms with E-state index in [1.807, 2.05) is 19.1 Å². The minimum Gasteiger partial charge on any atom is -0.481 e. The molecule has 0 spiro atoms. The minimum absolute atomic E-state index is 0.136. The lowest BCUT2D eigenvalue weighted by atomic mass is 9.71. The molecule has 0 aromatic heterocycles. The number of carboxylic acids is 1. The molecular weight excluding hydrogens is 424 g/mol. The molecule has 0 bridgehead atoms. The third-order valence-electron chi connectivity index (χ3n) is 5.83. The van der Waals surface area contributed by atoms with Gasteiger partial charge in [-0.25, -0.2) is 4.79 Å². The van der Waals surface area contributed by atoms with Crippen LogP contribution in [0.2, 0.25) is 0 Å². The van der Waals surface area contributed by atoms with E-state index in [4.69, 9.17) is 20.3 Å². The molecule has 8 heteroatoms. The largest absolute Gasteiger partial charge is 0.481 e. The van der Waals surface area contributed by atoms with Gasteiger partial charge in [-0.1, -0.05) is 24.3 Å². The number of nitrogens with two attached hydrogens (primary N) is 1. The van der Waals surface area contributed by atoms with Gasteiger partial charge in [0, 0.05) is 12.8 Å². The van der Waals surface area contributed by atoms with Crippen LogP contribution in [0.3, 0.4) is 0 Å². The number of alkyl carbamates (subject to hydrolysis) is 1. The lowest BCUT2D eigenvalue weighted by molar-refractivity contribution is -0.139. The molecule has 4 N–H and O–H groups in total. The summed E-state index contributed by atoms with van der Waals surface area (Å²) in [5, 5.41) is 11.7. The summed E-state index contributed by atoms with van der Waals surface area (Å²) in [7, 11) is 0. The van der Waals surface area contributed by atoms with Gasteiger partial charge in [-0.3, -0.25) is 9.59 Å². The maximum atomic E-state index is 12.2. The summed E-state index contributed by atoms with van der Waals surface area (Å²) >= 11 is 0. The van der Waals surface area contributed by atoms with Gasteiger partial charge in [0.05, 0.1) is 18.8 Å². The topological polar surface area (TPSA) is 128 Å². The highest BCUT2D eigenvalue weighted by molar-refractivity contribution is 5.74. The Morgan fingerprint density at radius 1 is 1.12 bits per heavy atom. The van der Waals surface area contributed by atoms with Crippen LogP contribution in [0.25, 0.3) is 0 Å². The van der Waals surface area contributed by atoms with Gasteiger partial charge in [0.25, 0.3) is 0 Å². The first kappa shape index (κ1) is 26.6. The number of carbonyl (C=O) groups is 3. The zero-order chi connectivity index (χ0) is 24.6. The van der Waals surface area contributed by atoms with Gasteiger partial charge in [0.2, 0.25) is 5.91 Å². The van der Waals surface area contributed by atoms with Crippen molar-refractivity contribution in [3.05, 3.63) is 35.4 Å². The third-order valence-corrected chi connectivity index (χ3v) is 5.83. The molecule has 2 atom stereocenters. The summed E-state index contributed by atoms with van der Waals surface area (Å²) in [4.78, 5) is 34.2. The fourth-order valence-electron chi connectivity index (χ4n) is 4.08. The SMILES string of the molecule is C[C@@H](OCc1ccc(CC2CC(CC(=O)O)C2)cc1)[C@H](CCC(N)=O)NC(=O)OC(C)(C)C. The van der Waals surface area contributed by atoms with E-state index in [-0.39, 0.29) is 18.9 Å². The summed E-state index contributed by atoms with van der Waals surface area (Å²) < 4.78 is 11.3. The van der Waals surface area contributed by atoms with Crippen molar-refractivity contribution in [1.82, 2.24) is 5.32 Å². The second-order valence-corrected chi connectivity index (χ2v) is 10.1. The number of primary amides is 1. The highest BCUT2D eigenvalue weighted by Crippen LogP contribution is 2.38. The van der Waals surface area contributed by atoms with Crippen LogP contribution in [0, 0.1) is 11.8 Å². The Labute approximate surface area is 196 Å². The molecular formula is C25H38N2O6. The Morgan fingerprint density at radius 2 is 1.73 bits per heavy atom. The standard InChI is InChI=1S/C25H38N2O6/c1-16(21(9-10-22(26)28)27-24(31)33-25(2,3)4)32-15-18-7-5-17(6-8-18)11-19-12-20(13-19)14-23(29)30/h5-8,16,19-21H,9-15H2,1-4H3,(H2,26,28)(H,27,31)(H,29,30)/t16-,19?,20?,21+/m1/s1. The Kier molecular flexibility index (Phi) is 9.70. The van der Waals surface area contributed by atoms with E-state index in [0.29, 0.717) is 24.9 Å². The van der Waals surface area contributed by atoms with Gasteiger partial charge < -0.3 is 25.6 Å². The number of carbonyl (C=O) groups excluding carboxylic acids is 2. The van der Waals surface area contributed by atoms with Crippen LogP contribution in [0.4, 0.5) is 4.79 Å². The molecule has 0 heterocycles. The smallest absolute Gasteiger partial charge is 0.407 e. The Hall–Kier alpha value is -2.61. The average molecular weight is 463 g/mol. The van der Waals surface area contributed by atoms with Crippen molar-refractivity contribution in [2.45, 2.75) is 90.6 Å². The van der Waals surface area contributed by atoms with E-state index >= 15 is 0 Å². The second-order valence-electron chi connectivity index (χ2n) is 10.1. The Morgan fingerprint density at radius 3 is 2.27 bits per heavy atom. The van der Waals surface area contributed by atoms with Gasteiger partial charge in [-0.05, 0) is 76.3 Å². The summed E-state index contributed by atoms with van der Waals surface area (Å²) in [6, 6.07) is 7.79. The molecule has 1 aromatic carbocycles. The lowest BCUT2D eigenvalue weighted by Gasteiger charge is -2.34. The molecule has 1 aliphatic rings. The monoisotopic (exact) mass is 462 g/mol. The predicted octanol–water partition coefficient (Wildman–Crippen LogP) is 3.79. The maximum Gasteiger partial charge on any atom is 0.407 e. The predicted molar refractivity (Wildman–Crippen MR) is 124 cm³/mol. The van der Waals surface area contributed by atoms with E-state index < -0.39 is 29.6 Å². The number of carboxylic acid groups (broad SMARTS) is 1. The molecule has 1 fully saturated rings. The van der Waals surface area contributed by atoms with Crippen molar-refractivity contribution in [2.24, 2.45) is 17.6 Å². The number of nitrogens with one attached hydrogen (secondary N) is 1. The molecule has 2 amide bonds. The van der Waals surface area contributed by atoms with E-state index in [0.717, 1.165) is 24.8 Å². The third kappa shape index (κ3) is 10.2. The molecule has 184 valence electrons. The zero-order valence-corrected chi connectivity index (χ0v) is 20.1. The van der Waals surface area contributed by atoms with Crippen molar-refractivity contribution in [3.63, 3.8) is 0 Å². The van der Waals surface area contributed by atoms with Crippen LogP contribution < -0.4 is 11.1 Å². The molecule has 0 radical (unpaired) electrons. The molecule has 8 nitrogen and oxygen atoms in total. The number of aliphatic carboxylic acids is 1. The summed E-state index contributed by atoms with van der Waals surface area (Å²) in [5.74, 6) is -0.274. The molecule has 33 heavy (non-hydrogen) atoms. The van der Waals surface area contributed by atoms with Crippen molar-refractivity contribution in [2.75, 3.05) is 0 Å². The molecule has 1 aliphatic carbocycles. The zero-order valence-electron chi connectivity index (χ0n) is 20.1. The first-order chi connectivity index (χ1) is 15.4. The summed E-state index contributed by atoms with van der Waals surface area (Å²) in [6.45, 7) is 7.58. The fourth-order valence-corrected chi connectivity index (χ4v) is 4.08. The summed E-state index contributed by atoms with van der Waals surface area (Å²) in [5.41, 5.74) is 6.90. The number of hydrogen-bond acceptors (Lipinski definition) is 5. The van der Waals surface area contributed by atoms with E-state index in [1.165, 1.54) is 5.56 Å². The van der Waals surface area contributed by atoms with Gasteiger partial charge in [0.1, 0.15) is 5.60 Å². The fraction of sp³-hybridized carbons (Fsp3) is 0.640. The summed E-state index contributed by atoms with van der Waals surface area (Å²) in [6.07, 6.45) is 2.78. The first-order valence-electron chi connectivity index (χ1n) is 11.6. The van der Waals surface area contributed by atoms with Crippen LogP contribution in [0.15, 0.2) is 24.3 Å². The van der Waals surface area contributed by atoms with Crippen LogP contribution in [-0.2, 0) is 32.1 Å². The normalized spacial score (nSPS) is 19.8. The van der Waals surface area contributed by atoms with Gasteiger partial charge >= 0.3 is 12.1 Å². The highest BCUT2D eigenvalue weighted by Gasteiger charge is 2.30.